The van der Waals surface area contributed by atoms with Gasteiger partial charge < -0.3 is 15.3 Å². The van der Waals surface area contributed by atoms with Crippen molar-refractivity contribution >= 4 is 23.1 Å². The summed E-state index contributed by atoms with van der Waals surface area (Å²) in [5, 5.41) is 13.1. The molecular weight excluding hydrogens is 202 g/mol. The summed E-state index contributed by atoms with van der Waals surface area (Å²) in [5.41, 5.74) is 0.964. The van der Waals surface area contributed by atoms with Crippen LogP contribution in [0, 0.1) is 0 Å². The molecule has 1 aliphatic rings. The molecule has 1 atom stereocenters. The predicted molar refractivity (Wildman–Crippen MR) is 57.0 cm³/mol. The number of aliphatic hydroxyl groups is 1. The van der Waals surface area contributed by atoms with Crippen molar-refractivity contribution in [2.24, 2.45) is 0 Å². The standard InChI is InChI=1S/C9H12ClN3O/c1-13-5-6(14)4-11-9-7(13)2-3-8(10)12-9/h2-3,6,14H,4-5H2,1H3,(H,11,12)/t6-/m0/s1. The molecule has 0 amide bonds. The molecule has 0 radical (unpaired) electrons. The van der Waals surface area contributed by atoms with E-state index in [0.717, 1.165) is 11.5 Å². The van der Waals surface area contributed by atoms with Gasteiger partial charge in [-0.2, -0.15) is 0 Å². The number of aromatic nitrogens is 1. The van der Waals surface area contributed by atoms with E-state index in [1.807, 2.05) is 18.0 Å². The van der Waals surface area contributed by atoms with Crippen molar-refractivity contribution in [3.63, 3.8) is 0 Å². The van der Waals surface area contributed by atoms with E-state index in [2.05, 4.69) is 10.3 Å². The number of hydrogen-bond acceptors (Lipinski definition) is 4. The van der Waals surface area contributed by atoms with Crippen molar-refractivity contribution in [1.29, 1.82) is 0 Å². The number of nitrogens with one attached hydrogen (secondary N) is 1. The number of halogens is 1. The van der Waals surface area contributed by atoms with Crippen molar-refractivity contribution in [2.75, 3.05) is 30.4 Å². The third kappa shape index (κ3) is 1.76. The highest BCUT2D eigenvalue weighted by molar-refractivity contribution is 6.29. The van der Waals surface area contributed by atoms with E-state index in [-0.39, 0.29) is 6.10 Å². The van der Waals surface area contributed by atoms with E-state index in [9.17, 15) is 5.11 Å². The lowest BCUT2D eigenvalue weighted by molar-refractivity contribution is 0.196. The number of anilines is 2. The zero-order valence-electron chi connectivity index (χ0n) is 7.87. The van der Waals surface area contributed by atoms with Crippen LogP contribution in [0.1, 0.15) is 0 Å². The van der Waals surface area contributed by atoms with Crippen LogP contribution in [-0.4, -0.2) is 36.3 Å². The van der Waals surface area contributed by atoms with Crippen LogP contribution >= 0.6 is 11.6 Å². The topological polar surface area (TPSA) is 48.4 Å². The summed E-state index contributed by atoms with van der Waals surface area (Å²) in [5.74, 6) is 0.733. The fourth-order valence-corrected chi connectivity index (χ4v) is 1.71. The quantitative estimate of drug-likeness (QED) is 0.631. The number of likely N-dealkylation sites (N-methyl/N-ethyl adjacent to an activating group) is 1. The first-order chi connectivity index (χ1) is 6.66. The van der Waals surface area contributed by atoms with Crippen LogP contribution in [0.15, 0.2) is 12.1 Å². The molecule has 0 bridgehead atoms. The molecule has 14 heavy (non-hydrogen) atoms. The monoisotopic (exact) mass is 213 g/mol. The van der Waals surface area contributed by atoms with Gasteiger partial charge in [0.1, 0.15) is 5.15 Å². The second-order valence-corrected chi connectivity index (χ2v) is 3.80. The summed E-state index contributed by atoms with van der Waals surface area (Å²) in [6.45, 7) is 1.11. The van der Waals surface area contributed by atoms with Crippen molar-refractivity contribution in [1.82, 2.24) is 4.98 Å². The lowest BCUT2D eigenvalue weighted by atomic mass is 10.3. The molecule has 0 aromatic carbocycles. The molecular formula is C9H12ClN3O. The highest BCUT2D eigenvalue weighted by Crippen LogP contribution is 2.26. The van der Waals surface area contributed by atoms with Gasteiger partial charge in [-0.05, 0) is 12.1 Å². The fourth-order valence-electron chi connectivity index (χ4n) is 1.56. The summed E-state index contributed by atoms with van der Waals surface area (Å²) in [7, 11) is 1.92. The van der Waals surface area contributed by atoms with E-state index in [1.54, 1.807) is 6.07 Å². The Morgan fingerprint density at radius 1 is 1.64 bits per heavy atom. The first-order valence-corrected chi connectivity index (χ1v) is 4.84. The number of rotatable bonds is 0. The van der Waals surface area contributed by atoms with Crippen LogP contribution in [-0.2, 0) is 0 Å². The highest BCUT2D eigenvalue weighted by atomic mass is 35.5. The smallest absolute Gasteiger partial charge is 0.151 e. The van der Waals surface area contributed by atoms with Crippen molar-refractivity contribution in [2.45, 2.75) is 6.10 Å². The highest BCUT2D eigenvalue weighted by Gasteiger charge is 2.18. The summed E-state index contributed by atoms with van der Waals surface area (Å²) >= 11 is 5.78. The molecule has 2 heterocycles. The molecule has 0 unspecified atom stereocenters. The van der Waals surface area contributed by atoms with E-state index in [0.29, 0.717) is 18.2 Å². The molecule has 4 nitrogen and oxygen atoms in total. The van der Waals surface area contributed by atoms with Crippen molar-refractivity contribution < 1.29 is 5.11 Å². The molecule has 0 fully saturated rings. The van der Waals surface area contributed by atoms with Crippen LogP contribution in [0.4, 0.5) is 11.5 Å². The molecule has 0 saturated carbocycles. The van der Waals surface area contributed by atoms with Crippen LogP contribution in [0.25, 0.3) is 0 Å². The summed E-state index contributed by atoms with van der Waals surface area (Å²) in [4.78, 5) is 6.12. The van der Waals surface area contributed by atoms with Gasteiger partial charge in [0.15, 0.2) is 5.82 Å². The molecule has 0 aliphatic carbocycles. The van der Waals surface area contributed by atoms with Gasteiger partial charge in [0.05, 0.1) is 11.8 Å². The number of β-amino-alcohol motifs (C(OH)–C–C–N with tert-alkyl or cyclic N) is 1. The van der Waals surface area contributed by atoms with Gasteiger partial charge in [-0.1, -0.05) is 11.6 Å². The second-order valence-electron chi connectivity index (χ2n) is 3.42. The maximum atomic E-state index is 9.54. The average molecular weight is 214 g/mol. The van der Waals surface area contributed by atoms with Gasteiger partial charge in [0, 0.05) is 20.1 Å². The predicted octanol–water partition coefficient (Wildman–Crippen LogP) is 0.958. The minimum atomic E-state index is -0.382. The number of hydrogen-bond donors (Lipinski definition) is 2. The lowest BCUT2D eigenvalue weighted by Gasteiger charge is -2.19. The Hall–Kier alpha value is -1.00. The zero-order valence-corrected chi connectivity index (χ0v) is 8.62. The van der Waals surface area contributed by atoms with Crippen LogP contribution in [0.2, 0.25) is 5.15 Å². The third-order valence-corrected chi connectivity index (χ3v) is 2.45. The maximum Gasteiger partial charge on any atom is 0.151 e. The van der Waals surface area contributed by atoms with Gasteiger partial charge in [-0.25, -0.2) is 4.98 Å². The van der Waals surface area contributed by atoms with Crippen LogP contribution < -0.4 is 10.2 Å². The fraction of sp³-hybridized carbons (Fsp3) is 0.444. The van der Waals surface area contributed by atoms with Gasteiger partial charge in [0.2, 0.25) is 0 Å². The molecule has 76 valence electrons. The molecule has 0 saturated heterocycles. The molecule has 2 rings (SSSR count). The Kier molecular flexibility index (Phi) is 2.48. The summed E-state index contributed by atoms with van der Waals surface area (Å²) in [6.07, 6.45) is -0.382. The van der Waals surface area contributed by atoms with E-state index < -0.39 is 0 Å². The second kappa shape index (κ2) is 3.63. The van der Waals surface area contributed by atoms with Crippen molar-refractivity contribution in [3.8, 4) is 0 Å². The Morgan fingerprint density at radius 2 is 2.43 bits per heavy atom. The van der Waals surface area contributed by atoms with Gasteiger partial charge in [0.25, 0.3) is 0 Å². The first-order valence-electron chi connectivity index (χ1n) is 4.46. The number of pyridine rings is 1. The van der Waals surface area contributed by atoms with Gasteiger partial charge >= 0.3 is 0 Å². The number of nitrogens with zero attached hydrogens (tertiary/aromatic N) is 2. The van der Waals surface area contributed by atoms with E-state index in [1.165, 1.54) is 0 Å². The minimum absolute atomic E-state index is 0.382. The molecule has 1 aromatic heterocycles. The van der Waals surface area contributed by atoms with Crippen LogP contribution in [0.5, 0.6) is 0 Å². The summed E-state index contributed by atoms with van der Waals surface area (Å²) in [6, 6.07) is 3.64. The number of fused-ring (bicyclic) bond motifs is 1. The van der Waals surface area contributed by atoms with E-state index in [4.69, 9.17) is 11.6 Å². The Bertz CT molecular complexity index is 345. The summed E-state index contributed by atoms with van der Waals surface area (Å²) < 4.78 is 0. The maximum absolute atomic E-state index is 9.54. The van der Waals surface area contributed by atoms with Crippen molar-refractivity contribution in [3.05, 3.63) is 17.3 Å². The molecule has 2 N–H and O–H groups in total. The largest absolute Gasteiger partial charge is 0.389 e. The van der Waals surface area contributed by atoms with Gasteiger partial charge in [-0.15, -0.1) is 0 Å². The molecule has 1 aromatic rings. The number of aliphatic hydroxyl groups excluding tert-OH is 1. The first kappa shape index (κ1) is 9.55. The average Bonchev–Trinajstić information content (AvgIpc) is 2.26. The lowest BCUT2D eigenvalue weighted by Crippen LogP contribution is -2.30. The molecule has 0 spiro atoms. The molecule has 1 aliphatic heterocycles. The molecule has 5 heteroatoms. The Morgan fingerprint density at radius 3 is 3.21 bits per heavy atom. The minimum Gasteiger partial charge on any atom is -0.389 e. The van der Waals surface area contributed by atoms with Gasteiger partial charge in [-0.3, -0.25) is 0 Å². The Labute approximate surface area is 87.5 Å². The van der Waals surface area contributed by atoms with E-state index >= 15 is 0 Å². The zero-order chi connectivity index (χ0) is 10.1. The van der Waals surface area contributed by atoms with Crippen LogP contribution in [0.3, 0.4) is 0 Å². The normalized spacial score (nSPS) is 21.1. The third-order valence-electron chi connectivity index (χ3n) is 2.24. The Balaban J connectivity index is 2.38. The SMILES string of the molecule is CN1C[C@@H](O)CNc2nc(Cl)ccc21.